The smallest absolute Gasteiger partial charge is 0.119 e. The topological polar surface area (TPSA) is 29.5 Å². The number of ether oxygens (including phenoxy) is 1. The van der Waals surface area contributed by atoms with Crippen molar-refractivity contribution in [3.8, 4) is 11.5 Å². The van der Waals surface area contributed by atoms with Crippen molar-refractivity contribution in [2.45, 2.75) is 46.0 Å². The van der Waals surface area contributed by atoms with E-state index in [4.69, 9.17) is 4.74 Å². The van der Waals surface area contributed by atoms with Crippen molar-refractivity contribution >= 4 is 11.1 Å². The van der Waals surface area contributed by atoms with Gasteiger partial charge >= 0.3 is 0 Å². The largest absolute Gasteiger partial charge is 0.508 e. The first-order valence-electron chi connectivity index (χ1n) is 11.5. The molecule has 0 saturated carbocycles. The third-order valence-corrected chi connectivity index (χ3v) is 6.42. The molecule has 1 unspecified atom stereocenters. The Morgan fingerprint density at radius 1 is 0.806 bits per heavy atom. The van der Waals surface area contributed by atoms with E-state index in [9.17, 15) is 5.11 Å². The van der Waals surface area contributed by atoms with Crippen LogP contribution in [0, 0.1) is 5.92 Å². The Bertz CT molecular complexity index is 1030. The van der Waals surface area contributed by atoms with Gasteiger partial charge in [0.1, 0.15) is 11.5 Å². The maximum absolute atomic E-state index is 9.62. The number of fused-ring (bicyclic) bond motifs is 1. The predicted octanol–water partition coefficient (Wildman–Crippen LogP) is 7.31. The molecule has 0 spiro atoms. The second kappa shape index (κ2) is 9.87. The van der Waals surface area contributed by atoms with Crippen molar-refractivity contribution < 1.29 is 9.84 Å². The van der Waals surface area contributed by atoms with Gasteiger partial charge in [0, 0.05) is 0 Å². The van der Waals surface area contributed by atoms with Gasteiger partial charge in [-0.2, -0.15) is 0 Å². The van der Waals surface area contributed by atoms with Crippen molar-refractivity contribution in [3.05, 3.63) is 95.1 Å². The lowest BCUT2D eigenvalue weighted by atomic mass is 9.84. The molecule has 0 radical (unpaired) electrons. The molecule has 3 aromatic carbocycles. The Kier molecular flexibility index (Phi) is 6.76. The summed E-state index contributed by atoms with van der Waals surface area (Å²) < 4.78 is 6.17. The summed E-state index contributed by atoms with van der Waals surface area (Å²) in [5.41, 5.74) is 8.08. The third kappa shape index (κ3) is 5.02. The van der Waals surface area contributed by atoms with Crippen LogP contribution in [-0.2, 0) is 12.8 Å². The first-order chi connectivity index (χ1) is 15.2. The van der Waals surface area contributed by atoms with Crippen LogP contribution in [0.25, 0.3) is 11.1 Å². The highest BCUT2D eigenvalue weighted by atomic mass is 16.5. The maximum Gasteiger partial charge on any atom is 0.119 e. The van der Waals surface area contributed by atoms with E-state index in [1.165, 1.54) is 39.8 Å². The molecule has 4 rings (SSSR count). The normalized spacial score (nSPS) is 16.4. The minimum absolute atomic E-state index is 0.306. The zero-order valence-electron chi connectivity index (χ0n) is 18.6. The molecular formula is C29H32O2. The van der Waals surface area contributed by atoms with Gasteiger partial charge in [0.05, 0.1) is 6.61 Å². The summed E-state index contributed by atoms with van der Waals surface area (Å²) in [6.45, 7) is 5.17. The van der Waals surface area contributed by atoms with Crippen molar-refractivity contribution in [1.82, 2.24) is 0 Å². The molecule has 0 aromatic heterocycles. The lowest BCUT2D eigenvalue weighted by Crippen LogP contribution is -2.20. The second-order valence-electron chi connectivity index (χ2n) is 8.42. The number of rotatable bonds is 7. The van der Waals surface area contributed by atoms with Crippen LogP contribution >= 0.6 is 0 Å². The summed E-state index contributed by atoms with van der Waals surface area (Å²) in [7, 11) is 0. The molecule has 2 heteroatoms. The predicted molar refractivity (Wildman–Crippen MR) is 129 cm³/mol. The van der Waals surface area contributed by atoms with Crippen molar-refractivity contribution in [1.29, 1.82) is 0 Å². The summed E-state index contributed by atoms with van der Waals surface area (Å²) in [5.74, 6) is 1.84. The molecule has 1 N–H and O–H groups in total. The minimum atomic E-state index is 0.306. The lowest BCUT2D eigenvalue weighted by Gasteiger charge is -2.24. The van der Waals surface area contributed by atoms with Gasteiger partial charge in [-0.25, -0.2) is 0 Å². The molecule has 160 valence electrons. The fourth-order valence-corrected chi connectivity index (χ4v) is 4.73. The van der Waals surface area contributed by atoms with E-state index < -0.39 is 0 Å². The highest BCUT2D eigenvalue weighted by Crippen LogP contribution is 2.33. The van der Waals surface area contributed by atoms with Gasteiger partial charge in [0.15, 0.2) is 0 Å². The van der Waals surface area contributed by atoms with Crippen LogP contribution in [0.3, 0.4) is 0 Å². The summed E-state index contributed by atoms with van der Waals surface area (Å²) in [6.07, 6.45) is 5.39. The summed E-state index contributed by atoms with van der Waals surface area (Å²) >= 11 is 0. The molecule has 3 aromatic rings. The fourth-order valence-electron chi connectivity index (χ4n) is 4.73. The summed E-state index contributed by atoms with van der Waals surface area (Å²) in [5, 5.41) is 9.62. The first-order valence-corrected chi connectivity index (χ1v) is 11.5. The molecule has 0 heterocycles. The van der Waals surface area contributed by atoms with E-state index in [0.29, 0.717) is 11.7 Å². The minimum Gasteiger partial charge on any atom is -0.508 e. The van der Waals surface area contributed by atoms with Gasteiger partial charge in [0.25, 0.3) is 0 Å². The Balaban J connectivity index is 1.45. The standard InChI is InChI=1S/C29H32O2/c1-3-28(23-11-15-26(30)16-12-23)29(4-2)24-13-17-27(18-14-24)31-20-21-9-10-22-7-5-6-8-25(22)19-21/h5-8,11-18,21,30H,3-4,9-10,19-20H2,1-2H3/b29-28+. The number of phenolic OH excluding ortho intramolecular Hbond substituents is 1. The van der Waals surface area contributed by atoms with E-state index in [2.05, 4.69) is 62.4 Å². The zero-order chi connectivity index (χ0) is 21.6. The molecule has 0 fully saturated rings. The quantitative estimate of drug-likeness (QED) is 0.412. The molecule has 0 bridgehead atoms. The number of benzene rings is 3. The molecule has 0 aliphatic heterocycles. The highest BCUT2D eigenvalue weighted by Gasteiger charge is 2.19. The van der Waals surface area contributed by atoms with Gasteiger partial charge in [-0.05, 0) is 95.7 Å². The first kappa shape index (κ1) is 21.2. The van der Waals surface area contributed by atoms with Gasteiger partial charge in [-0.15, -0.1) is 0 Å². The van der Waals surface area contributed by atoms with Gasteiger partial charge in [0.2, 0.25) is 0 Å². The van der Waals surface area contributed by atoms with Crippen molar-refractivity contribution in [2.24, 2.45) is 5.92 Å². The van der Waals surface area contributed by atoms with Crippen LogP contribution in [0.4, 0.5) is 0 Å². The Hall–Kier alpha value is -3.00. The van der Waals surface area contributed by atoms with Crippen LogP contribution < -0.4 is 4.74 Å². The lowest BCUT2D eigenvalue weighted by molar-refractivity contribution is 0.234. The highest BCUT2D eigenvalue weighted by molar-refractivity contribution is 5.90. The summed E-state index contributed by atoms with van der Waals surface area (Å²) in [6, 6.07) is 24.9. The van der Waals surface area contributed by atoms with E-state index in [0.717, 1.165) is 38.0 Å². The van der Waals surface area contributed by atoms with Crippen LogP contribution in [0.2, 0.25) is 0 Å². The van der Waals surface area contributed by atoms with E-state index in [-0.39, 0.29) is 0 Å². The van der Waals surface area contributed by atoms with Crippen molar-refractivity contribution in [3.63, 3.8) is 0 Å². The zero-order valence-corrected chi connectivity index (χ0v) is 18.6. The number of hydrogen-bond acceptors (Lipinski definition) is 2. The molecule has 31 heavy (non-hydrogen) atoms. The number of allylic oxidation sites excluding steroid dienone is 2. The fraction of sp³-hybridized carbons (Fsp3) is 0.310. The van der Waals surface area contributed by atoms with Crippen LogP contribution in [0.1, 0.15) is 55.4 Å². The second-order valence-corrected chi connectivity index (χ2v) is 8.42. The van der Waals surface area contributed by atoms with E-state index in [1.54, 1.807) is 12.1 Å². The summed E-state index contributed by atoms with van der Waals surface area (Å²) in [4.78, 5) is 0. The van der Waals surface area contributed by atoms with Crippen LogP contribution in [0.15, 0.2) is 72.8 Å². The average Bonchev–Trinajstić information content (AvgIpc) is 2.82. The third-order valence-electron chi connectivity index (χ3n) is 6.42. The molecular weight excluding hydrogens is 380 g/mol. The molecule has 0 saturated heterocycles. The number of aromatic hydroxyl groups is 1. The SMILES string of the molecule is CC/C(=C(/CC)c1ccc(OCC2CCc3ccccc3C2)cc1)c1ccc(O)cc1. The Morgan fingerprint density at radius 3 is 2.00 bits per heavy atom. The number of aryl methyl sites for hydroxylation is 1. The maximum atomic E-state index is 9.62. The van der Waals surface area contributed by atoms with E-state index in [1.807, 2.05) is 12.1 Å². The molecule has 2 nitrogen and oxygen atoms in total. The molecule has 1 atom stereocenters. The van der Waals surface area contributed by atoms with Crippen LogP contribution in [-0.4, -0.2) is 11.7 Å². The Labute approximate surface area is 186 Å². The number of hydrogen-bond donors (Lipinski definition) is 1. The monoisotopic (exact) mass is 412 g/mol. The van der Waals surface area contributed by atoms with Gasteiger partial charge in [-0.1, -0.05) is 62.4 Å². The molecule has 1 aliphatic carbocycles. The van der Waals surface area contributed by atoms with Gasteiger partial charge in [-0.3, -0.25) is 0 Å². The Morgan fingerprint density at radius 2 is 1.39 bits per heavy atom. The molecule has 1 aliphatic rings. The average molecular weight is 413 g/mol. The van der Waals surface area contributed by atoms with Crippen LogP contribution in [0.5, 0.6) is 11.5 Å². The van der Waals surface area contributed by atoms with E-state index >= 15 is 0 Å². The van der Waals surface area contributed by atoms with Crippen molar-refractivity contribution in [2.75, 3.05) is 6.61 Å². The molecule has 0 amide bonds. The number of phenols is 1. The van der Waals surface area contributed by atoms with Gasteiger partial charge < -0.3 is 9.84 Å².